The molecule has 4 fully saturated rings. The summed E-state index contributed by atoms with van der Waals surface area (Å²) in [6, 6.07) is 12.8. The number of methoxy groups -OCH3 is 2. The van der Waals surface area contributed by atoms with E-state index in [1.807, 2.05) is 13.8 Å². The molecule has 0 bridgehead atoms. The van der Waals surface area contributed by atoms with Crippen LogP contribution in [-0.2, 0) is 41.7 Å². The van der Waals surface area contributed by atoms with Gasteiger partial charge in [-0.05, 0) is 117 Å². The number of amides is 4. The maximum atomic E-state index is 14.6. The first-order valence-corrected chi connectivity index (χ1v) is 35.1. The van der Waals surface area contributed by atoms with Gasteiger partial charge in [0.1, 0.15) is 72.9 Å². The molecule has 2 unspecified atom stereocenters. The van der Waals surface area contributed by atoms with Crippen molar-refractivity contribution in [2.75, 3.05) is 70.1 Å². The van der Waals surface area contributed by atoms with E-state index in [9.17, 15) is 74.4 Å². The summed E-state index contributed by atoms with van der Waals surface area (Å²) in [4.78, 5) is 103. The van der Waals surface area contributed by atoms with E-state index < -0.39 is 117 Å². The van der Waals surface area contributed by atoms with Crippen LogP contribution in [0.15, 0.2) is 85.0 Å². The Morgan fingerprint density at radius 3 is 1.49 bits per heavy atom. The zero-order valence-electron chi connectivity index (χ0n) is 59.1. The number of benzene rings is 4. The van der Waals surface area contributed by atoms with E-state index in [0.717, 1.165) is 9.80 Å². The molecule has 29 heteroatoms. The number of fused-ring (bicyclic) bond motifs is 4. The number of nitrogens with zero attached hydrogens (tertiary/aromatic N) is 4. The van der Waals surface area contributed by atoms with Gasteiger partial charge in [0.2, 0.25) is 12.6 Å². The zero-order valence-corrected chi connectivity index (χ0v) is 59.1. The Labute approximate surface area is 601 Å². The smallest absolute Gasteiger partial charge is 0.416 e. The summed E-state index contributed by atoms with van der Waals surface area (Å²) in [5, 5.41) is 86.3. The zero-order chi connectivity index (χ0) is 74.8. The number of anilines is 2. The van der Waals surface area contributed by atoms with Gasteiger partial charge in [0.25, 0.3) is 11.8 Å². The number of aliphatic hydroxyl groups is 8. The lowest BCUT2D eigenvalue weighted by Crippen LogP contribution is -2.54. The standard InChI is InChI=1S/C75H94N4O25/c1-40(2)25-46(80)15-10-8-11-16-55(81)49-29-44(18-20-59(49)103-72-66(87)64(85)57(83)38-99-72)36-101-74(93)78-51-32-61(43(5)28-47(51)68(89)76-34-41(3)26-53(76)70(78)91)97-23-12-9-13-24-98-63-33-52-48(31-62(63)96-7)69(90)77-35-42(4)27-54(77)71(92)79(52)75(94)102-37-45-19-21-60(50(30-45)56(82)17-14-22-95-6)104-73-67(88)65(86)58(84)39-100-73/h18-21,28-33,40,53-54,57-58,64-67,70-73,83-88,91-92H,3-4,8-17,22-27,34-39H2,1-2,5-7H3/t53-,54-,57+,58+,64-,65-,66+,67+,70?,71?,72-,73-/m0/s1. The fourth-order valence-electron chi connectivity index (χ4n) is 13.5. The quantitative estimate of drug-likeness (QED) is 0.0160. The average Bonchev–Trinajstić information content (AvgIpc) is 1.59. The number of aliphatic hydroxyl groups excluding tert-OH is 8. The molecule has 0 spiro atoms. The largest absolute Gasteiger partial charge is 0.493 e. The molecule has 8 N–H and O–H groups in total. The molecule has 6 aliphatic rings. The number of rotatable bonds is 31. The van der Waals surface area contributed by atoms with Crippen LogP contribution in [0.2, 0.25) is 0 Å². The SMILES string of the molecule is C=C1C[C@H]2C(O)N(C(=O)OCc3ccc(O[C@@H]4OC[C@@H](O)[C@H](O)[C@H]4O)c(C(=O)CCCCCC(=O)CC(C)C)c3)c3cc(OCCCCCOc4cc5c(cc4OC)C(=O)N4CC(=C)C[C@H]4C(O)N5C(=O)OCc4ccc(O[C@@H]5OC[C@@H](O)[C@H](O)[C@H]5O)c(C(=O)CCCOC)c4)c(C)cc3C(=O)N2C1. The Morgan fingerprint density at radius 1 is 0.538 bits per heavy atom. The van der Waals surface area contributed by atoms with Gasteiger partial charge in [-0.15, -0.1) is 0 Å². The summed E-state index contributed by atoms with van der Waals surface area (Å²) in [6.45, 7) is 13.0. The number of aryl methyl sites for hydroxylation is 1. The van der Waals surface area contributed by atoms with E-state index in [0.29, 0.717) is 91.4 Å². The molecule has 29 nitrogen and oxygen atoms in total. The minimum atomic E-state index is -1.67. The number of hydrogen-bond donors (Lipinski definition) is 8. The second kappa shape index (κ2) is 35.0. The first-order valence-electron chi connectivity index (χ1n) is 35.1. The molecule has 0 radical (unpaired) electrons. The predicted molar refractivity (Wildman–Crippen MR) is 370 cm³/mol. The molecule has 12 atom stereocenters. The van der Waals surface area contributed by atoms with Crippen LogP contribution < -0.4 is 33.5 Å². The van der Waals surface area contributed by atoms with Gasteiger partial charge in [-0.3, -0.25) is 24.0 Å². The molecule has 4 amide bonds. The van der Waals surface area contributed by atoms with Crippen molar-refractivity contribution in [1.29, 1.82) is 0 Å². The van der Waals surface area contributed by atoms with Crippen LogP contribution in [0.1, 0.15) is 155 Å². The van der Waals surface area contributed by atoms with Crippen LogP contribution in [0, 0.1) is 12.8 Å². The van der Waals surface area contributed by atoms with E-state index in [1.165, 1.54) is 78.6 Å². The molecule has 4 aromatic rings. The van der Waals surface area contributed by atoms with Crippen molar-refractivity contribution in [3.05, 3.63) is 124 Å². The van der Waals surface area contributed by atoms with Crippen molar-refractivity contribution in [2.24, 2.45) is 5.92 Å². The third-order valence-electron chi connectivity index (χ3n) is 19.1. The van der Waals surface area contributed by atoms with Gasteiger partial charge in [-0.1, -0.05) is 56.7 Å². The monoisotopic (exact) mass is 1450 g/mol. The van der Waals surface area contributed by atoms with E-state index in [2.05, 4.69) is 13.2 Å². The van der Waals surface area contributed by atoms with Crippen LogP contribution >= 0.6 is 0 Å². The lowest BCUT2D eigenvalue weighted by Gasteiger charge is -2.35. The van der Waals surface area contributed by atoms with Gasteiger partial charge in [0, 0.05) is 64.6 Å². The summed E-state index contributed by atoms with van der Waals surface area (Å²) >= 11 is 0. The van der Waals surface area contributed by atoms with Crippen LogP contribution in [-0.4, -0.2) is 226 Å². The Morgan fingerprint density at radius 2 is 1.00 bits per heavy atom. The molecule has 10 rings (SSSR count). The number of ether oxygens (including phenoxy) is 10. The summed E-state index contributed by atoms with van der Waals surface area (Å²) in [5.74, 6) is -0.814. The second-order valence-corrected chi connectivity index (χ2v) is 27.5. The Bertz CT molecular complexity index is 3830. The summed E-state index contributed by atoms with van der Waals surface area (Å²) in [5.41, 5.74) is 2.63. The third-order valence-corrected chi connectivity index (χ3v) is 19.1. The van der Waals surface area contributed by atoms with E-state index in [1.54, 1.807) is 13.0 Å². The molecule has 6 aliphatic heterocycles. The maximum Gasteiger partial charge on any atom is 0.416 e. The molecule has 6 heterocycles. The van der Waals surface area contributed by atoms with Crippen molar-refractivity contribution in [2.45, 2.75) is 191 Å². The molecular formula is C75H94N4O25. The fourth-order valence-corrected chi connectivity index (χ4v) is 13.5. The fraction of sp³-hybridized carbons (Fsp3) is 0.533. The second-order valence-electron chi connectivity index (χ2n) is 27.5. The van der Waals surface area contributed by atoms with E-state index in [4.69, 9.17) is 47.4 Å². The first kappa shape index (κ1) is 78.0. The summed E-state index contributed by atoms with van der Waals surface area (Å²) < 4.78 is 58.0. The molecular weight excluding hydrogens is 1360 g/mol. The average molecular weight is 1450 g/mol. The molecule has 0 aromatic heterocycles. The van der Waals surface area contributed by atoms with Crippen molar-refractivity contribution >= 4 is 52.7 Å². The van der Waals surface area contributed by atoms with Gasteiger partial charge in [0.05, 0.1) is 79.2 Å². The Kier molecular flexibility index (Phi) is 26.3. The number of hydrogen-bond acceptors (Lipinski definition) is 25. The van der Waals surface area contributed by atoms with Crippen LogP contribution in [0.4, 0.5) is 21.0 Å². The first-order chi connectivity index (χ1) is 49.8. The lowest BCUT2D eigenvalue weighted by atomic mass is 9.99. The molecule has 564 valence electrons. The Hall–Kier alpha value is -8.59. The minimum absolute atomic E-state index is 0.00316. The highest BCUT2D eigenvalue weighted by Crippen LogP contribution is 2.44. The molecule has 104 heavy (non-hydrogen) atoms. The van der Waals surface area contributed by atoms with Crippen molar-refractivity contribution in [3.63, 3.8) is 0 Å². The number of ketones is 3. The topological polar surface area (TPSA) is 387 Å². The predicted octanol–water partition coefficient (Wildman–Crippen LogP) is 6.12. The van der Waals surface area contributed by atoms with E-state index in [-0.39, 0.29) is 146 Å². The van der Waals surface area contributed by atoms with Gasteiger partial charge in [-0.2, -0.15) is 0 Å². The molecule has 4 aromatic carbocycles. The Balaban J connectivity index is 0.804. The van der Waals surface area contributed by atoms with Crippen molar-refractivity contribution in [3.8, 4) is 28.7 Å². The van der Waals surface area contributed by atoms with Crippen LogP contribution in [0.3, 0.4) is 0 Å². The van der Waals surface area contributed by atoms with Crippen molar-refractivity contribution < 1.29 is 122 Å². The number of carbonyl (C=O) groups is 7. The van der Waals surface area contributed by atoms with Gasteiger partial charge < -0.3 is 98.0 Å². The number of carbonyl (C=O) groups excluding carboxylic acids is 7. The maximum absolute atomic E-state index is 14.6. The lowest BCUT2D eigenvalue weighted by molar-refractivity contribution is -0.242. The molecule has 0 saturated carbocycles. The normalized spacial score (nSPS) is 24.4. The molecule has 0 aliphatic carbocycles. The minimum Gasteiger partial charge on any atom is -0.493 e. The van der Waals surface area contributed by atoms with Crippen LogP contribution in [0.25, 0.3) is 0 Å². The van der Waals surface area contributed by atoms with Gasteiger partial charge >= 0.3 is 12.2 Å². The third kappa shape index (κ3) is 18.0. The van der Waals surface area contributed by atoms with Crippen molar-refractivity contribution in [1.82, 2.24) is 9.80 Å². The highest BCUT2D eigenvalue weighted by molar-refractivity contribution is 6.07. The highest BCUT2D eigenvalue weighted by atomic mass is 16.7. The highest BCUT2D eigenvalue weighted by Gasteiger charge is 2.49. The summed E-state index contributed by atoms with van der Waals surface area (Å²) in [6.07, 6.45) is -12.8. The number of unbranched alkanes of at least 4 members (excludes halogenated alkanes) is 4. The van der Waals surface area contributed by atoms with E-state index >= 15 is 0 Å². The van der Waals surface area contributed by atoms with Gasteiger partial charge in [-0.25, -0.2) is 19.4 Å². The summed E-state index contributed by atoms with van der Waals surface area (Å²) in [7, 11) is 2.88. The molecule has 4 saturated heterocycles. The number of Topliss-reactive ketones (excluding diaryl/α,β-unsaturated/α-hetero) is 3. The van der Waals surface area contributed by atoms with Crippen LogP contribution in [0.5, 0.6) is 28.7 Å². The van der Waals surface area contributed by atoms with Gasteiger partial charge in [0.15, 0.2) is 35.5 Å².